The molecule has 2 aliphatic rings. The fourth-order valence-electron chi connectivity index (χ4n) is 5.17. The van der Waals surface area contributed by atoms with E-state index >= 15 is 0 Å². The molecule has 4 aromatic rings. The van der Waals surface area contributed by atoms with Gasteiger partial charge in [0.25, 0.3) is 23.6 Å². The molecule has 0 aromatic heterocycles. The van der Waals surface area contributed by atoms with Crippen LogP contribution in [0, 0.1) is 0 Å². The quantitative estimate of drug-likeness (QED) is 0.304. The predicted octanol–water partition coefficient (Wildman–Crippen LogP) is 4.04. The molecule has 0 aliphatic carbocycles. The van der Waals surface area contributed by atoms with E-state index in [4.69, 9.17) is 0 Å². The minimum atomic E-state index is -4.31. The van der Waals surface area contributed by atoms with Gasteiger partial charge in [0.05, 0.1) is 43.4 Å². The van der Waals surface area contributed by atoms with Crippen LogP contribution in [-0.4, -0.2) is 43.9 Å². The predicted molar refractivity (Wildman–Crippen MR) is 162 cm³/mol. The summed E-state index contributed by atoms with van der Waals surface area (Å²) in [5, 5.41) is 5.18. The highest BCUT2D eigenvalue weighted by atomic mass is 32.2. The van der Waals surface area contributed by atoms with Crippen LogP contribution in [0.4, 0.5) is 22.7 Å². The van der Waals surface area contributed by atoms with Crippen molar-refractivity contribution in [2.75, 3.05) is 20.4 Å². The Morgan fingerprint density at radius 1 is 0.511 bits per heavy atom. The van der Waals surface area contributed by atoms with E-state index in [9.17, 15) is 37.2 Å². The number of benzene rings is 4. The number of rotatable bonds is 6. The van der Waals surface area contributed by atoms with Gasteiger partial charge >= 0.3 is 0 Å². The summed E-state index contributed by atoms with van der Waals surface area (Å²) in [4.78, 5) is 76.6. The van der Waals surface area contributed by atoms with E-state index in [1.807, 2.05) is 0 Å². The van der Waals surface area contributed by atoms with Crippen molar-refractivity contribution in [3.63, 3.8) is 0 Å². The zero-order valence-electron chi connectivity index (χ0n) is 23.7. The van der Waals surface area contributed by atoms with Gasteiger partial charge in [-0.15, -0.1) is 0 Å². The second-order valence-electron chi connectivity index (χ2n) is 10.3. The van der Waals surface area contributed by atoms with Gasteiger partial charge in [0.1, 0.15) is 0 Å². The zero-order valence-corrected chi connectivity index (χ0v) is 24.5. The van der Waals surface area contributed by atoms with Gasteiger partial charge < -0.3 is 10.6 Å². The van der Waals surface area contributed by atoms with E-state index in [1.54, 1.807) is 0 Å². The summed E-state index contributed by atoms with van der Waals surface area (Å²) in [5.41, 5.74) is 1.19. The molecule has 0 radical (unpaired) electrons. The highest BCUT2D eigenvalue weighted by Crippen LogP contribution is 2.35. The third kappa shape index (κ3) is 4.94. The van der Waals surface area contributed by atoms with Gasteiger partial charge in [-0.05, 0) is 84.9 Å². The van der Waals surface area contributed by atoms with Crippen molar-refractivity contribution in [1.82, 2.24) is 0 Å². The molecule has 2 N–H and O–H groups in total. The summed E-state index contributed by atoms with van der Waals surface area (Å²) >= 11 is 0. The lowest BCUT2D eigenvalue weighted by molar-refractivity contribution is -0.115. The third-order valence-electron chi connectivity index (χ3n) is 7.23. The Balaban J connectivity index is 1.28. The highest BCUT2D eigenvalue weighted by molar-refractivity contribution is 7.91. The smallest absolute Gasteiger partial charge is 0.266 e. The molecule has 0 unspecified atom stereocenters. The van der Waals surface area contributed by atoms with Gasteiger partial charge in [-0.2, -0.15) is 0 Å². The maximum Gasteiger partial charge on any atom is 0.266 e. The van der Waals surface area contributed by atoms with Crippen molar-refractivity contribution >= 4 is 68.0 Å². The van der Waals surface area contributed by atoms with E-state index in [-0.39, 0.29) is 55.2 Å². The fourth-order valence-corrected chi connectivity index (χ4v) is 6.49. The lowest BCUT2D eigenvalue weighted by Gasteiger charge is -2.14. The Hall–Kier alpha value is -5.95. The number of hydrogen-bond acceptors (Lipinski definition) is 8. The van der Waals surface area contributed by atoms with Crippen molar-refractivity contribution in [2.45, 2.75) is 23.6 Å². The molecule has 224 valence electrons. The largest absolute Gasteiger partial charge is 0.326 e. The van der Waals surface area contributed by atoms with Crippen molar-refractivity contribution in [3.05, 3.63) is 107 Å². The number of nitrogens with zero attached hydrogens (tertiary/aromatic N) is 2. The fraction of sp³-hybridized carbons (Fsp3) is 0.0625. The molecule has 2 heterocycles. The molecule has 0 fully saturated rings. The number of carbonyl (C=O) groups is 6. The molecule has 13 heteroatoms. The maximum atomic E-state index is 13.7. The number of hydrogen-bond donors (Lipinski definition) is 2. The molecule has 12 nitrogen and oxygen atoms in total. The molecule has 0 bridgehead atoms. The van der Waals surface area contributed by atoms with Gasteiger partial charge in [-0.3, -0.25) is 28.8 Å². The first-order valence-corrected chi connectivity index (χ1v) is 14.9. The topological polar surface area (TPSA) is 167 Å². The average molecular weight is 623 g/mol. The monoisotopic (exact) mass is 622 g/mol. The molecule has 0 saturated carbocycles. The molecule has 2 aliphatic heterocycles. The molecule has 0 spiro atoms. The van der Waals surface area contributed by atoms with Crippen LogP contribution in [0.1, 0.15) is 55.3 Å². The van der Waals surface area contributed by atoms with Crippen molar-refractivity contribution < 1.29 is 37.2 Å². The van der Waals surface area contributed by atoms with Crippen LogP contribution < -0.4 is 20.4 Å². The molecule has 6 rings (SSSR count). The van der Waals surface area contributed by atoms with Gasteiger partial charge in [-0.1, -0.05) is 0 Å². The van der Waals surface area contributed by atoms with Crippen LogP contribution in [0.5, 0.6) is 0 Å². The van der Waals surface area contributed by atoms with Crippen molar-refractivity contribution in [1.29, 1.82) is 0 Å². The molecule has 0 atom stereocenters. The van der Waals surface area contributed by atoms with Crippen LogP contribution in [-0.2, 0) is 19.4 Å². The number of imide groups is 2. The second-order valence-corrected chi connectivity index (χ2v) is 12.2. The first-order valence-electron chi connectivity index (χ1n) is 13.4. The summed E-state index contributed by atoms with van der Waals surface area (Å²) in [6.07, 6.45) is 0. The summed E-state index contributed by atoms with van der Waals surface area (Å²) in [5.74, 6) is -3.31. The molecule has 45 heavy (non-hydrogen) atoms. The molecular formula is C32H22N4O8S. The Labute approximate surface area is 256 Å². The second kappa shape index (κ2) is 10.6. The first kappa shape index (κ1) is 29.1. The average Bonchev–Trinajstić information content (AvgIpc) is 3.41. The Morgan fingerprint density at radius 3 is 1.18 bits per heavy atom. The lowest BCUT2D eigenvalue weighted by Crippen LogP contribution is -2.29. The lowest BCUT2D eigenvalue weighted by atomic mass is 10.1. The van der Waals surface area contributed by atoms with Crippen LogP contribution in [0.2, 0.25) is 0 Å². The molecule has 4 aromatic carbocycles. The SMILES string of the molecule is CC(=O)Nc1ccc(N2C(=O)c3ccc(S(=O)(=O)c4ccc5c(c4)C(=O)N(c4ccc(NC(C)=O)cc4)C5=O)cc3C2=O)cc1. The Morgan fingerprint density at radius 2 is 0.844 bits per heavy atom. The summed E-state index contributed by atoms with van der Waals surface area (Å²) in [6.45, 7) is 2.69. The van der Waals surface area contributed by atoms with Crippen LogP contribution in [0.15, 0.2) is 94.7 Å². The van der Waals surface area contributed by atoms with Crippen molar-refractivity contribution in [2.24, 2.45) is 0 Å². The number of fused-ring (bicyclic) bond motifs is 2. The summed E-state index contributed by atoms with van der Waals surface area (Å²) < 4.78 is 27.4. The van der Waals surface area contributed by atoms with E-state index in [1.165, 1.54) is 86.6 Å². The normalized spacial score (nSPS) is 14.0. The van der Waals surface area contributed by atoms with E-state index in [0.717, 1.165) is 21.9 Å². The Bertz CT molecular complexity index is 1960. The van der Waals surface area contributed by atoms with Gasteiger partial charge in [0.15, 0.2) is 0 Å². The van der Waals surface area contributed by atoms with Gasteiger partial charge in [0.2, 0.25) is 21.7 Å². The number of anilines is 4. The van der Waals surface area contributed by atoms with E-state index in [2.05, 4.69) is 10.6 Å². The maximum absolute atomic E-state index is 13.7. The van der Waals surface area contributed by atoms with E-state index in [0.29, 0.717) is 11.4 Å². The first-order chi connectivity index (χ1) is 21.4. The standard InChI is InChI=1S/C32H22N4O8S/c1-17(37)33-19-3-7-21(8-4-19)35-29(39)25-13-11-23(15-27(25)31(35)41)45(43,44)24-12-14-26-28(16-24)32(42)36(30(26)40)22-9-5-20(6-10-22)34-18(2)38/h3-16H,1-2H3,(H,33,37)(H,34,38). The highest BCUT2D eigenvalue weighted by Gasteiger charge is 2.40. The van der Waals surface area contributed by atoms with Crippen LogP contribution >= 0.6 is 0 Å². The summed E-state index contributed by atoms with van der Waals surface area (Å²) in [7, 11) is -4.31. The van der Waals surface area contributed by atoms with E-state index < -0.39 is 33.5 Å². The van der Waals surface area contributed by atoms with Crippen molar-refractivity contribution in [3.8, 4) is 0 Å². The molecular weight excluding hydrogens is 600 g/mol. The third-order valence-corrected chi connectivity index (χ3v) is 8.98. The molecule has 0 saturated heterocycles. The number of carbonyl (C=O) groups excluding carboxylic acids is 6. The van der Waals surface area contributed by atoms with Crippen LogP contribution in [0.3, 0.4) is 0 Å². The van der Waals surface area contributed by atoms with Gasteiger partial charge in [0, 0.05) is 25.2 Å². The minimum Gasteiger partial charge on any atom is -0.326 e. The van der Waals surface area contributed by atoms with Crippen LogP contribution in [0.25, 0.3) is 0 Å². The molecule has 6 amide bonds. The Kier molecular flexibility index (Phi) is 6.89. The zero-order chi connectivity index (χ0) is 32.2. The number of sulfone groups is 1. The van der Waals surface area contributed by atoms with Gasteiger partial charge in [-0.25, -0.2) is 18.2 Å². The summed E-state index contributed by atoms with van der Waals surface area (Å²) in [6, 6.07) is 19.2. The number of amides is 6. The number of nitrogens with one attached hydrogen (secondary N) is 2. The minimum absolute atomic E-state index is 0.0137.